The largest absolute Gasteiger partial charge is 0.396 e. The van der Waals surface area contributed by atoms with Crippen molar-refractivity contribution in [1.82, 2.24) is 14.8 Å². The third kappa shape index (κ3) is 4.25. The highest BCUT2D eigenvalue weighted by molar-refractivity contribution is 6.31. The van der Waals surface area contributed by atoms with E-state index in [2.05, 4.69) is 34.0 Å². The fourth-order valence-corrected chi connectivity index (χ4v) is 3.86. The standard InChI is InChI=1S/C19H26ClN3O/c1-22(8-3-11-24)18-5-9-23(10-6-18)14-16-13-17(20)12-15-4-2-7-21-19(15)16/h2,4,7,12-13,18,24H,3,5-6,8-11,14H2,1H3. The Bertz CT molecular complexity index is 671. The van der Waals surface area contributed by atoms with Crippen molar-refractivity contribution in [2.24, 2.45) is 0 Å². The van der Waals surface area contributed by atoms with Crippen LogP contribution >= 0.6 is 11.6 Å². The average molecular weight is 348 g/mol. The van der Waals surface area contributed by atoms with E-state index in [1.807, 2.05) is 18.3 Å². The van der Waals surface area contributed by atoms with Crippen LogP contribution < -0.4 is 0 Å². The summed E-state index contributed by atoms with van der Waals surface area (Å²) in [5.74, 6) is 0. The van der Waals surface area contributed by atoms with Gasteiger partial charge in [0.2, 0.25) is 0 Å². The lowest BCUT2D eigenvalue weighted by molar-refractivity contribution is 0.117. The molecule has 1 saturated heterocycles. The van der Waals surface area contributed by atoms with Crippen LogP contribution in [0.15, 0.2) is 30.5 Å². The Kier molecular flexibility index (Phi) is 6.06. The SMILES string of the molecule is CN(CCCO)C1CCN(Cc2cc(Cl)cc3cccnc23)CC1. The smallest absolute Gasteiger partial charge is 0.0747 e. The van der Waals surface area contributed by atoms with Gasteiger partial charge in [-0.15, -0.1) is 0 Å². The first-order valence-corrected chi connectivity index (χ1v) is 9.12. The number of nitrogens with zero attached hydrogens (tertiary/aromatic N) is 3. The van der Waals surface area contributed by atoms with E-state index in [1.54, 1.807) is 0 Å². The second-order valence-electron chi connectivity index (χ2n) is 6.71. The highest BCUT2D eigenvalue weighted by Gasteiger charge is 2.22. The van der Waals surface area contributed by atoms with Gasteiger partial charge >= 0.3 is 0 Å². The molecule has 0 bridgehead atoms. The predicted molar refractivity (Wildman–Crippen MR) is 99.4 cm³/mol. The second-order valence-corrected chi connectivity index (χ2v) is 7.14. The molecule has 1 aliphatic rings. The van der Waals surface area contributed by atoms with Crippen LogP contribution in [0, 0.1) is 0 Å². The number of aliphatic hydroxyl groups excluding tert-OH is 1. The molecule has 24 heavy (non-hydrogen) atoms. The number of piperidine rings is 1. The van der Waals surface area contributed by atoms with Gasteiger partial charge in [-0.3, -0.25) is 9.88 Å². The molecule has 0 atom stereocenters. The van der Waals surface area contributed by atoms with Crippen molar-refractivity contribution in [2.45, 2.75) is 31.8 Å². The minimum absolute atomic E-state index is 0.276. The molecule has 0 aliphatic carbocycles. The quantitative estimate of drug-likeness (QED) is 0.871. The summed E-state index contributed by atoms with van der Waals surface area (Å²) in [7, 11) is 2.17. The first kappa shape index (κ1) is 17.6. The highest BCUT2D eigenvalue weighted by Crippen LogP contribution is 2.25. The molecule has 130 valence electrons. The predicted octanol–water partition coefficient (Wildman–Crippen LogP) is 3.17. The van der Waals surface area contributed by atoms with Gasteiger partial charge in [0.25, 0.3) is 0 Å². The van der Waals surface area contributed by atoms with E-state index in [1.165, 1.54) is 18.4 Å². The maximum atomic E-state index is 8.98. The van der Waals surface area contributed by atoms with Crippen molar-refractivity contribution in [3.63, 3.8) is 0 Å². The third-order valence-electron chi connectivity index (χ3n) is 4.99. The van der Waals surface area contributed by atoms with E-state index in [0.29, 0.717) is 6.04 Å². The minimum atomic E-state index is 0.276. The summed E-state index contributed by atoms with van der Waals surface area (Å²) in [6.07, 6.45) is 5.06. The Balaban J connectivity index is 1.62. The number of fused-ring (bicyclic) bond motifs is 1. The fraction of sp³-hybridized carbons (Fsp3) is 0.526. The maximum absolute atomic E-state index is 8.98. The number of hydrogen-bond donors (Lipinski definition) is 1. The molecular weight excluding hydrogens is 322 g/mol. The summed E-state index contributed by atoms with van der Waals surface area (Å²) < 4.78 is 0. The number of aliphatic hydroxyl groups is 1. The summed E-state index contributed by atoms with van der Waals surface area (Å²) in [6.45, 7) is 4.34. The molecule has 2 heterocycles. The molecule has 0 unspecified atom stereocenters. The maximum Gasteiger partial charge on any atom is 0.0747 e. The van der Waals surface area contributed by atoms with Gasteiger partial charge in [-0.1, -0.05) is 17.7 Å². The number of benzene rings is 1. The summed E-state index contributed by atoms with van der Waals surface area (Å²) in [4.78, 5) is 9.44. The van der Waals surface area contributed by atoms with Gasteiger partial charge in [0, 0.05) is 42.3 Å². The van der Waals surface area contributed by atoms with Gasteiger partial charge in [-0.05, 0) is 63.2 Å². The normalized spacial score (nSPS) is 17.0. The molecule has 0 saturated carbocycles. The first-order valence-electron chi connectivity index (χ1n) is 8.74. The molecule has 1 aromatic heterocycles. The number of hydrogen-bond acceptors (Lipinski definition) is 4. The molecule has 1 aromatic carbocycles. The highest BCUT2D eigenvalue weighted by atomic mass is 35.5. The van der Waals surface area contributed by atoms with Crippen molar-refractivity contribution in [3.05, 3.63) is 41.0 Å². The Labute approximate surface area is 149 Å². The van der Waals surface area contributed by atoms with Crippen LogP contribution in [0.2, 0.25) is 5.02 Å². The number of aromatic nitrogens is 1. The Morgan fingerprint density at radius 1 is 1.33 bits per heavy atom. The zero-order valence-electron chi connectivity index (χ0n) is 14.3. The summed E-state index contributed by atoms with van der Waals surface area (Å²) in [5.41, 5.74) is 2.27. The topological polar surface area (TPSA) is 39.6 Å². The lowest BCUT2D eigenvalue weighted by Gasteiger charge is -2.36. The van der Waals surface area contributed by atoms with E-state index in [4.69, 9.17) is 16.7 Å². The number of halogens is 1. The van der Waals surface area contributed by atoms with Crippen LogP contribution in [0.25, 0.3) is 10.9 Å². The van der Waals surface area contributed by atoms with E-state index < -0.39 is 0 Å². The molecule has 1 aliphatic heterocycles. The lowest BCUT2D eigenvalue weighted by Crippen LogP contribution is -2.43. The van der Waals surface area contributed by atoms with Crippen LogP contribution in [0.4, 0.5) is 0 Å². The third-order valence-corrected chi connectivity index (χ3v) is 5.21. The second kappa shape index (κ2) is 8.26. The molecular formula is C19H26ClN3O. The zero-order chi connectivity index (χ0) is 16.9. The van der Waals surface area contributed by atoms with Crippen molar-refractivity contribution >= 4 is 22.5 Å². The molecule has 0 spiro atoms. The van der Waals surface area contributed by atoms with Gasteiger partial charge in [-0.25, -0.2) is 0 Å². The van der Waals surface area contributed by atoms with Gasteiger partial charge in [-0.2, -0.15) is 0 Å². The van der Waals surface area contributed by atoms with Crippen LogP contribution in [-0.4, -0.2) is 59.2 Å². The average Bonchev–Trinajstić information content (AvgIpc) is 2.60. The van der Waals surface area contributed by atoms with E-state index in [9.17, 15) is 0 Å². The van der Waals surface area contributed by atoms with Gasteiger partial charge in [0.15, 0.2) is 0 Å². The molecule has 0 amide bonds. The Morgan fingerprint density at radius 3 is 2.88 bits per heavy atom. The van der Waals surface area contributed by atoms with Gasteiger partial charge < -0.3 is 10.0 Å². The molecule has 1 N–H and O–H groups in total. The van der Waals surface area contributed by atoms with Crippen LogP contribution in [0.5, 0.6) is 0 Å². The molecule has 5 heteroatoms. The zero-order valence-corrected chi connectivity index (χ0v) is 15.0. The minimum Gasteiger partial charge on any atom is -0.396 e. The monoisotopic (exact) mass is 347 g/mol. The lowest BCUT2D eigenvalue weighted by atomic mass is 10.0. The van der Waals surface area contributed by atoms with Crippen molar-refractivity contribution in [1.29, 1.82) is 0 Å². The molecule has 4 nitrogen and oxygen atoms in total. The van der Waals surface area contributed by atoms with Crippen LogP contribution in [0.1, 0.15) is 24.8 Å². The number of likely N-dealkylation sites (tertiary alicyclic amines) is 1. The molecule has 3 rings (SSSR count). The summed E-state index contributed by atoms with van der Waals surface area (Å²) in [5, 5.41) is 10.9. The van der Waals surface area contributed by atoms with Gasteiger partial charge in [0.1, 0.15) is 0 Å². The van der Waals surface area contributed by atoms with Gasteiger partial charge in [0.05, 0.1) is 5.52 Å². The first-order chi connectivity index (χ1) is 11.7. The summed E-state index contributed by atoms with van der Waals surface area (Å²) in [6, 6.07) is 8.68. The number of pyridine rings is 1. The van der Waals surface area contributed by atoms with Crippen molar-refractivity contribution in [2.75, 3.05) is 33.3 Å². The molecule has 0 radical (unpaired) electrons. The number of rotatable bonds is 6. The van der Waals surface area contributed by atoms with E-state index in [0.717, 1.165) is 48.5 Å². The van der Waals surface area contributed by atoms with Crippen molar-refractivity contribution < 1.29 is 5.11 Å². The fourth-order valence-electron chi connectivity index (χ4n) is 3.61. The van der Waals surface area contributed by atoms with Crippen molar-refractivity contribution in [3.8, 4) is 0 Å². The van der Waals surface area contributed by atoms with E-state index >= 15 is 0 Å². The molecule has 2 aromatic rings. The van der Waals surface area contributed by atoms with Crippen LogP contribution in [0.3, 0.4) is 0 Å². The van der Waals surface area contributed by atoms with E-state index in [-0.39, 0.29) is 6.61 Å². The Hall–Kier alpha value is -1.20. The van der Waals surface area contributed by atoms with Crippen LogP contribution in [-0.2, 0) is 6.54 Å². The Morgan fingerprint density at radius 2 is 2.12 bits per heavy atom. The molecule has 1 fully saturated rings. The summed E-state index contributed by atoms with van der Waals surface area (Å²) >= 11 is 6.28.